The first-order valence-corrected chi connectivity index (χ1v) is 8.04. The second-order valence-electron chi connectivity index (χ2n) is 4.63. The van der Waals surface area contributed by atoms with E-state index < -0.39 is 0 Å². The summed E-state index contributed by atoms with van der Waals surface area (Å²) in [6, 6.07) is 0. The van der Waals surface area contributed by atoms with Crippen molar-refractivity contribution in [2.75, 3.05) is 65.9 Å². The van der Waals surface area contributed by atoms with Crippen LogP contribution in [0.4, 0.5) is 0 Å². The number of nitrogens with one attached hydrogen (secondary N) is 1. The predicted octanol–water partition coefficient (Wildman–Crippen LogP) is 2.02. The van der Waals surface area contributed by atoms with Crippen LogP contribution in [0.15, 0.2) is 12.7 Å². The van der Waals surface area contributed by atoms with Gasteiger partial charge in [-0.15, -0.1) is 6.58 Å². The van der Waals surface area contributed by atoms with Crippen LogP contribution in [-0.4, -0.2) is 65.9 Å². The van der Waals surface area contributed by atoms with Crippen LogP contribution >= 0.6 is 0 Å². The lowest BCUT2D eigenvalue weighted by Gasteiger charge is -2.07. The van der Waals surface area contributed by atoms with Gasteiger partial charge in [0.25, 0.3) is 0 Å². The maximum atomic E-state index is 5.44. The van der Waals surface area contributed by atoms with E-state index in [1.807, 2.05) is 6.08 Å². The molecule has 0 aromatic carbocycles. The molecule has 0 aliphatic carbocycles. The lowest BCUT2D eigenvalue weighted by molar-refractivity contribution is 0.0145. The molecule has 126 valence electrons. The molecule has 0 aromatic rings. The first-order valence-electron chi connectivity index (χ1n) is 8.04. The van der Waals surface area contributed by atoms with Crippen LogP contribution in [0.1, 0.15) is 26.2 Å². The third-order valence-electron chi connectivity index (χ3n) is 2.70. The minimum atomic E-state index is 0.627. The molecule has 0 spiro atoms. The highest BCUT2D eigenvalue weighted by molar-refractivity contribution is 4.64. The van der Waals surface area contributed by atoms with Crippen LogP contribution in [0.3, 0.4) is 0 Å². The summed E-state index contributed by atoms with van der Waals surface area (Å²) in [5, 5.41) is 3.26. The van der Waals surface area contributed by atoms with E-state index in [4.69, 9.17) is 18.9 Å². The molecule has 5 heteroatoms. The Kier molecular flexibility index (Phi) is 19.1. The second-order valence-corrected chi connectivity index (χ2v) is 4.63. The number of ether oxygens (including phenoxy) is 4. The normalized spacial score (nSPS) is 10.9. The first kappa shape index (κ1) is 20.5. The van der Waals surface area contributed by atoms with E-state index in [9.17, 15) is 0 Å². The van der Waals surface area contributed by atoms with E-state index in [-0.39, 0.29) is 0 Å². The SMILES string of the molecule is C=CCCOCCNCCOCCOCCOCCCC. The van der Waals surface area contributed by atoms with Gasteiger partial charge < -0.3 is 24.3 Å². The fourth-order valence-electron chi connectivity index (χ4n) is 1.47. The van der Waals surface area contributed by atoms with Gasteiger partial charge in [-0.2, -0.15) is 0 Å². The van der Waals surface area contributed by atoms with Gasteiger partial charge in [0.1, 0.15) is 0 Å². The zero-order chi connectivity index (χ0) is 15.4. The molecule has 0 saturated carbocycles. The predicted molar refractivity (Wildman–Crippen MR) is 85.9 cm³/mol. The number of rotatable bonds is 18. The van der Waals surface area contributed by atoms with Crippen molar-refractivity contribution in [1.29, 1.82) is 0 Å². The van der Waals surface area contributed by atoms with E-state index in [2.05, 4.69) is 18.8 Å². The van der Waals surface area contributed by atoms with Crippen molar-refractivity contribution < 1.29 is 18.9 Å². The number of hydrogen-bond donors (Lipinski definition) is 1. The monoisotopic (exact) mass is 303 g/mol. The standard InChI is InChI=1S/C16H33NO4/c1-3-5-9-18-11-7-17-8-12-20-14-16-21-15-13-19-10-6-4-2/h3,17H,1,4-16H2,2H3. The summed E-state index contributed by atoms with van der Waals surface area (Å²) < 4.78 is 21.6. The van der Waals surface area contributed by atoms with Crippen LogP contribution < -0.4 is 5.32 Å². The Bertz CT molecular complexity index is 203. The van der Waals surface area contributed by atoms with Crippen LogP contribution in [-0.2, 0) is 18.9 Å². The van der Waals surface area contributed by atoms with Crippen molar-refractivity contribution in [3.05, 3.63) is 12.7 Å². The molecule has 0 unspecified atom stereocenters. The summed E-state index contributed by atoms with van der Waals surface area (Å²) >= 11 is 0. The molecular formula is C16H33NO4. The topological polar surface area (TPSA) is 49.0 Å². The molecule has 0 amide bonds. The molecule has 0 aromatic heterocycles. The van der Waals surface area contributed by atoms with Crippen LogP contribution in [0.2, 0.25) is 0 Å². The lowest BCUT2D eigenvalue weighted by atomic mass is 10.4. The molecular weight excluding hydrogens is 270 g/mol. The molecule has 5 nitrogen and oxygen atoms in total. The van der Waals surface area contributed by atoms with Crippen LogP contribution in [0.25, 0.3) is 0 Å². The van der Waals surface area contributed by atoms with Crippen LogP contribution in [0, 0.1) is 0 Å². The minimum Gasteiger partial charge on any atom is -0.380 e. The zero-order valence-electron chi connectivity index (χ0n) is 13.6. The Morgan fingerprint density at radius 1 is 0.762 bits per heavy atom. The summed E-state index contributed by atoms with van der Waals surface area (Å²) in [7, 11) is 0. The van der Waals surface area contributed by atoms with Crippen molar-refractivity contribution in [2.45, 2.75) is 26.2 Å². The highest BCUT2D eigenvalue weighted by Gasteiger charge is 1.92. The molecule has 0 heterocycles. The fourth-order valence-corrected chi connectivity index (χ4v) is 1.47. The summed E-state index contributed by atoms with van der Waals surface area (Å²) in [6.45, 7) is 13.1. The average molecular weight is 303 g/mol. The van der Waals surface area contributed by atoms with Gasteiger partial charge in [0, 0.05) is 19.7 Å². The molecule has 0 atom stereocenters. The minimum absolute atomic E-state index is 0.627. The Hall–Kier alpha value is -0.460. The maximum absolute atomic E-state index is 5.44. The Morgan fingerprint density at radius 3 is 1.86 bits per heavy atom. The van der Waals surface area contributed by atoms with E-state index >= 15 is 0 Å². The molecule has 1 N–H and O–H groups in total. The van der Waals surface area contributed by atoms with E-state index in [0.29, 0.717) is 33.0 Å². The highest BCUT2D eigenvalue weighted by Crippen LogP contribution is 1.88. The van der Waals surface area contributed by atoms with Crippen LogP contribution in [0.5, 0.6) is 0 Å². The first-order chi connectivity index (χ1) is 10.4. The zero-order valence-corrected chi connectivity index (χ0v) is 13.6. The van der Waals surface area contributed by atoms with Crippen molar-refractivity contribution in [2.24, 2.45) is 0 Å². The van der Waals surface area contributed by atoms with Gasteiger partial charge in [0.2, 0.25) is 0 Å². The summed E-state index contributed by atoms with van der Waals surface area (Å²) in [5.41, 5.74) is 0. The molecule has 0 aliphatic rings. The molecule has 0 aliphatic heterocycles. The Labute approximate surface area is 130 Å². The van der Waals surface area contributed by atoms with Gasteiger partial charge in [-0.05, 0) is 12.8 Å². The maximum Gasteiger partial charge on any atom is 0.0701 e. The van der Waals surface area contributed by atoms with E-state index in [1.54, 1.807) is 0 Å². The van der Waals surface area contributed by atoms with Crippen molar-refractivity contribution in [3.63, 3.8) is 0 Å². The Balaban J connectivity index is 2.91. The average Bonchev–Trinajstić information content (AvgIpc) is 2.50. The van der Waals surface area contributed by atoms with Gasteiger partial charge in [-0.1, -0.05) is 19.4 Å². The largest absolute Gasteiger partial charge is 0.380 e. The molecule has 21 heavy (non-hydrogen) atoms. The summed E-state index contributed by atoms with van der Waals surface area (Å²) in [5.74, 6) is 0. The molecule has 0 saturated heterocycles. The third-order valence-corrected chi connectivity index (χ3v) is 2.70. The molecule has 0 fully saturated rings. The summed E-state index contributed by atoms with van der Waals surface area (Å²) in [4.78, 5) is 0. The smallest absolute Gasteiger partial charge is 0.0701 e. The second kappa shape index (κ2) is 19.5. The molecule has 0 rings (SSSR count). The highest BCUT2D eigenvalue weighted by atomic mass is 16.5. The van der Waals surface area contributed by atoms with Crippen molar-refractivity contribution in [3.8, 4) is 0 Å². The number of unbranched alkanes of at least 4 members (excludes halogenated alkanes) is 1. The van der Waals surface area contributed by atoms with E-state index in [0.717, 1.165) is 45.8 Å². The van der Waals surface area contributed by atoms with Crippen molar-refractivity contribution >= 4 is 0 Å². The van der Waals surface area contributed by atoms with Crippen molar-refractivity contribution in [1.82, 2.24) is 5.32 Å². The van der Waals surface area contributed by atoms with Gasteiger partial charge in [-0.3, -0.25) is 0 Å². The molecule has 0 radical (unpaired) electrons. The van der Waals surface area contributed by atoms with Gasteiger partial charge in [-0.25, -0.2) is 0 Å². The van der Waals surface area contributed by atoms with E-state index in [1.165, 1.54) is 6.42 Å². The van der Waals surface area contributed by atoms with Gasteiger partial charge in [0.15, 0.2) is 0 Å². The van der Waals surface area contributed by atoms with Gasteiger partial charge in [0.05, 0.1) is 46.2 Å². The summed E-state index contributed by atoms with van der Waals surface area (Å²) in [6.07, 6.45) is 5.06. The Morgan fingerprint density at radius 2 is 1.29 bits per heavy atom. The molecule has 0 bridgehead atoms. The number of hydrogen-bond acceptors (Lipinski definition) is 5. The third kappa shape index (κ3) is 19.5. The fraction of sp³-hybridized carbons (Fsp3) is 0.875. The lowest BCUT2D eigenvalue weighted by Crippen LogP contribution is -2.24. The quantitative estimate of drug-likeness (QED) is 0.310. The van der Waals surface area contributed by atoms with Gasteiger partial charge >= 0.3 is 0 Å².